The van der Waals surface area contributed by atoms with E-state index < -0.39 is 0 Å². The number of benzene rings is 1. The standard InChI is InChI=1S/C10H9Cl2NO/c1-2-10(14)13-6-7-5-8(11)3-4-9(7)12/h2-5H,1,6H2,(H,13,14). The molecule has 0 atom stereocenters. The fourth-order valence-corrected chi connectivity index (χ4v) is 1.31. The topological polar surface area (TPSA) is 29.1 Å². The van der Waals surface area contributed by atoms with Gasteiger partial charge in [0.1, 0.15) is 0 Å². The summed E-state index contributed by atoms with van der Waals surface area (Å²) in [6.07, 6.45) is 1.21. The number of hydrogen-bond donors (Lipinski definition) is 1. The van der Waals surface area contributed by atoms with Crippen molar-refractivity contribution in [2.45, 2.75) is 6.54 Å². The first kappa shape index (κ1) is 11.1. The molecule has 0 aliphatic carbocycles. The zero-order chi connectivity index (χ0) is 10.6. The summed E-state index contributed by atoms with van der Waals surface area (Å²) in [4.78, 5) is 10.9. The molecule has 1 N–H and O–H groups in total. The van der Waals surface area contributed by atoms with Gasteiger partial charge in [-0.2, -0.15) is 0 Å². The molecule has 0 bridgehead atoms. The second-order valence-corrected chi connectivity index (χ2v) is 3.50. The third kappa shape index (κ3) is 3.05. The van der Waals surface area contributed by atoms with E-state index in [1.807, 2.05) is 0 Å². The zero-order valence-electron chi connectivity index (χ0n) is 7.39. The van der Waals surface area contributed by atoms with Gasteiger partial charge in [0, 0.05) is 16.6 Å². The molecule has 1 aromatic carbocycles. The van der Waals surface area contributed by atoms with Crippen LogP contribution < -0.4 is 5.32 Å². The lowest BCUT2D eigenvalue weighted by atomic mass is 10.2. The van der Waals surface area contributed by atoms with Gasteiger partial charge in [-0.05, 0) is 29.8 Å². The van der Waals surface area contributed by atoms with Gasteiger partial charge in [-0.15, -0.1) is 0 Å². The van der Waals surface area contributed by atoms with Gasteiger partial charge in [0.05, 0.1) is 0 Å². The number of carbonyl (C=O) groups is 1. The van der Waals surface area contributed by atoms with E-state index >= 15 is 0 Å². The summed E-state index contributed by atoms with van der Waals surface area (Å²) in [6, 6.07) is 5.11. The van der Waals surface area contributed by atoms with Gasteiger partial charge in [0.2, 0.25) is 5.91 Å². The van der Waals surface area contributed by atoms with Crippen molar-refractivity contribution in [1.82, 2.24) is 5.32 Å². The highest BCUT2D eigenvalue weighted by molar-refractivity contribution is 6.33. The Kier molecular flexibility index (Phi) is 3.98. The van der Waals surface area contributed by atoms with E-state index in [4.69, 9.17) is 23.2 Å². The van der Waals surface area contributed by atoms with E-state index in [-0.39, 0.29) is 5.91 Å². The van der Waals surface area contributed by atoms with Crippen molar-refractivity contribution in [3.05, 3.63) is 46.5 Å². The Balaban J connectivity index is 2.71. The second-order valence-electron chi connectivity index (χ2n) is 2.66. The summed E-state index contributed by atoms with van der Waals surface area (Å²) < 4.78 is 0. The third-order valence-corrected chi connectivity index (χ3v) is 2.25. The predicted octanol–water partition coefficient (Wildman–Crippen LogP) is 2.80. The zero-order valence-corrected chi connectivity index (χ0v) is 8.90. The van der Waals surface area contributed by atoms with Crippen molar-refractivity contribution in [3.63, 3.8) is 0 Å². The van der Waals surface area contributed by atoms with Gasteiger partial charge in [-0.3, -0.25) is 4.79 Å². The first-order valence-electron chi connectivity index (χ1n) is 3.97. The number of hydrogen-bond acceptors (Lipinski definition) is 1. The monoisotopic (exact) mass is 229 g/mol. The van der Waals surface area contributed by atoms with E-state index in [2.05, 4.69) is 11.9 Å². The van der Waals surface area contributed by atoms with Crippen LogP contribution in [0.3, 0.4) is 0 Å². The number of halogens is 2. The highest BCUT2D eigenvalue weighted by atomic mass is 35.5. The molecule has 0 aliphatic heterocycles. The van der Waals surface area contributed by atoms with Gasteiger partial charge in [0.15, 0.2) is 0 Å². The van der Waals surface area contributed by atoms with Gasteiger partial charge in [-0.1, -0.05) is 29.8 Å². The Labute approximate surface area is 92.5 Å². The molecule has 14 heavy (non-hydrogen) atoms. The molecule has 0 unspecified atom stereocenters. The Morgan fingerprint density at radius 1 is 1.50 bits per heavy atom. The van der Waals surface area contributed by atoms with Gasteiger partial charge < -0.3 is 5.32 Å². The minimum absolute atomic E-state index is 0.235. The van der Waals surface area contributed by atoms with E-state index in [1.165, 1.54) is 6.08 Å². The normalized spacial score (nSPS) is 9.57. The van der Waals surface area contributed by atoms with Crippen molar-refractivity contribution in [3.8, 4) is 0 Å². The van der Waals surface area contributed by atoms with Crippen LogP contribution >= 0.6 is 23.2 Å². The molecule has 0 saturated carbocycles. The second kappa shape index (κ2) is 5.03. The van der Waals surface area contributed by atoms with Crippen LogP contribution in [0.5, 0.6) is 0 Å². The van der Waals surface area contributed by atoms with Crippen LogP contribution in [0.1, 0.15) is 5.56 Å². The largest absolute Gasteiger partial charge is 0.348 e. The molecule has 1 aromatic rings. The summed E-state index contributed by atoms with van der Waals surface area (Å²) in [6.45, 7) is 3.69. The summed E-state index contributed by atoms with van der Waals surface area (Å²) >= 11 is 11.7. The Hall–Kier alpha value is -0.990. The lowest BCUT2D eigenvalue weighted by Gasteiger charge is -2.05. The number of amides is 1. The lowest BCUT2D eigenvalue weighted by Crippen LogP contribution is -2.20. The van der Waals surface area contributed by atoms with Crippen LogP contribution in [0.4, 0.5) is 0 Å². The minimum Gasteiger partial charge on any atom is -0.348 e. The fraction of sp³-hybridized carbons (Fsp3) is 0.100. The SMILES string of the molecule is C=CC(=O)NCc1cc(Cl)ccc1Cl. The van der Waals surface area contributed by atoms with E-state index in [9.17, 15) is 4.79 Å². The maximum absolute atomic E-state index is 10.9. The first-order chi connectivity index (χ1) is 6.63. The van der Waals surface area contributed by atoms with Crippen molar-refractivity contribution >= 4 is 29.1 Å². The maximum Gasteiger partial charge on any atom is 0.243 e. The molecular formula is C10H9Cl2NO. The average molecular weight is 230 g/mol. The van der Waals surface area contributed by atoms with E-state index in [0.29, 0.717) is 16.6 Å². The van der Waals surface area contributed by atoms with Crippen LogP contribution in [0.15, 0.2) is 30.9 Å². The Morgan fingerprint density at radius 2 is 2.21 bits per heavy atom. The van der Waals surface area contributed by atoms with Gasteiger partial charge >= 0.3 is 0 Å². The third-order valence-electron chi connectivity index (χ3n) is 1.65. The molecule has 0 aromatic heterocycles. The molecule has 74 valence electrons. The average Bonchev–Trinajstić information content (AvgIpc) is 2.19. The van der Waals surface area contributed by atoms with Crippen molar-refractivity contribution < 1.29 is 4.79 Å². The molecule has 0 saturated heterocycles. The smallest absolute Gasteiger partial charge is 0.243 e. The molecule has 4 heteroatoms. The van der Waals surface area contributed by atoms with Crippen LogP contribution in [0.25, 0.3) is 0 Å². The summed E-state index contributed by atoms with van der Waals surface area (Å²) in [5.41, 5.74) is 0.786. The molecule has 0 heterocycles. The van der Waals surface area contributed by atoms with Gasteiger partial charge in [-0.25, -0.2) is 0 Å². The lowest BCUT2D eigenvalue weighted by molar-refractivity contribution is -0.116. The summed E-state index contributed by atoms with van der Waals surface area (Å²) in [5, 5.41) is 3.79. The highest BCUT2D eigenvalue weighted by Crippen LogP contribution is 2.20. The predicted molar refractivity (Wildman–Crippen MR) is 58.5 cm³/mol. The maximum atomic E-state index is 10.9. The molecule has 0 fully saturated rings. The summed E-state index contributed by atoms with van der Waals surface area (Å²) in [5.74, 6) is -0.235. The molecule has 1 amide bonds. The Bertz CT molecular complexity index is 363. The summed E-state index contributed by atoms with van der Waals surface area (Å²) in [7, 11) is 0. The molecule has 0 radical (unpaired) electrons. The number of rotatable bonds is 3. The Morgan fingerprint density at radius 3 is 2.86 bits per heavy atom. The first-order valence-corrected chi connectivity index (χ1v) is 4.73. The van der Waals surface area contributed by atoms with Crippen LogP contribution in [-0.4, -0.2) is 5.91 Å². The molecular weight excluding hydrogens is 221 g/mol. The van der Waals surface area contributed by atoms with Crippen LogP contribution in [0.2, 0.25) is 10.0 Å². The highest BCUT2D eigenvalue weighted by Gasteiger charge is 2.02. The molecule has 0 aliphatic rings. The van der Waals surface area contributed by atoms with Crippen molar-refractivity contribution in [1.29, 1.82) is 0 Å². The molecule has 1 rings (SSSR count). The number of nitrogens with one attached hydrogen (secondary N) is 1. The van der Waals surface area contributed by atoms with Crippen LogP contribution in [-0.2, 0) is 11.3 Å². The quantitative estimate of drug-likeness (QED) is 0.794. The van der Waals surface area contributed by atoms with E-state index in [0.717, 1.165) is 5.56 Å². The number of carbonyl (C=O) groups excluding carboxylic acids is 1. The van der Waals surface area contributed by atoms with E-state index in [1.54, 1.807) is 18.2 Å². The van der Waals surface area contributed by atoms with Gasteiger partial charge in [0.25, 0.3) is 0 Å². The fourth-order valence-electron chi connectivity index (χ4n) is 0.933. The molecule has 2 nitrogen and oxygen atoms in total. The van der Waals surface area contributed by atoms with Crippen molar-refractivity contribution in [2.75, 3.05) is 0 Å². The van der Waals surface area contributed by atoms with Crippen LogP contribution in [0, 0.1) is 0 Å². The molecule has 0 spiro atoms. The minimum atomic E-state index is -0.235. The van der Waals surface area contributed by atoms with Crippen molar-refractivity contribution in [2.24, 2.45) is 0 Å².